The first-order valence-corrected chi connectivity index (χ1v) is 12.6. The quantitative estimate of drug-likeness (QED) is 0.496. The maximum atomic E-state index is 4.96. The minimum absolute atomic E-state index is 0.0356. The fourth-order valence-corrected chi connectivity index (χ4v) is 4.67. The molecule has 34 heavy (non-hydrogen) atoms. The van der Waals surface area contributed by atoms with Crippen LogP contribution in [0.3, 0.4) is 0 Å². The second kappa shape index (κ2) is 10.3. The molecule has 0 unspecified atom stereocenters. The van der Waals surface area contributed by atoms with Gasteiger partial charge in [0.05, 0.1) is 11.2 Å². The maximum Gasteiger partial charge on any atom is 0.0841 e. The van der Waals surface area contributed by atoms with E-state index >= 15 is 0 Å². The number of nitrogens with one attached hydrogen (secondary N) is 1. The number of hydrogen-bond donors (Lipinski definition) is 1. The molecular weight excluding hydrogens is 418 g/mol. The van der Waals surface area contributed by atoms with E-state index in [0.717, 1.165) is 51.5 Å². The lowest BCUT2D eigenvalue weighted by molar-refractivity contribution is 0.257. The molecule has 0 atom stereocenters. The molecule has 0 saturated carbocycles. The van der Waals surface area contributed by atoms with Crippen molar-refractivity contribution in [1.82, 2.24) is 20.0 Å². The Labute approximate surface area is 205 Å². The predicted octanol–water partition coefficient (Wildman–Crippen LogP) is 5.14. The minimum atomic E-state index is -0.0356. The normalized spacial score (nSPS) is 15.2. The summed E-state index contributed by atoms with van der Waals surface area (Å²) in [6, 6.07) is 15.4. The Kier molecular flexibility index (Phi) is 7.44. The van der Waals surface area contributed by atoms with Crippen LogP contribution in [0.25, 0.3) is 11.1 Å². The molecule has 182 valence electrons. The van der Waals surface area contributed by atoms with Gasteiger partial charge in [-0.05, 0) is 64.3 Å². The van der Waals surface area contributed by atoms with E-state index in [0.29, 0.717) is 0 Å². The Morgan fingerprint density at radius 1 is 0.941 bits per heavy atom. The predicted molar refractivity (Wildman–Crippen MR) is 144 cm³/mol. The van der Waals surface area contributed by atoms with Crippen molar-refractivity contribution >= 4 is 5.69 Å². The van der Waals surface area contributed by atoms with Gasteiger partial charge in [0.15, 0.2) is 0 Å². The highest BCUT2D eigenvalue weighted by molar-refractivity contribution is 5.66. The number of aryl methyl sites for hydroxylation is 2. The lowest BCUT2D eigenvalue weighted by Crippen LogP contribution is -2.48. The molecule has 3 aromatic rings. The van der Waals surface area contributed by atoms with Gasteiger partial charge < -0.3 is 10.2 Å². The molecule has 1 fully saturated rings. The van der Waals surface area contributed by atoms with Gasteiger partial charge >= 0.3 is 0 Å². The van der Waals surface area contributed by atoms with Crippen LogP contribution in [0.4, 0.5) is 5.69 Å². The van der Waals surface area contributed by atoms with Gasteiger partial charge in [-0.2, -0.15) is 5.10 Å². The smallest absolute Gasteiger partial charge is 0.0841 e. The van der Waals surface area contributed by atoms with Crippen LogP contribution in [0.5, 0.6) is 0 Å². The molecule has 1 aromatic heterocycles. The average Bonchev–Trinajstić information content (AvgIpc) is 3.24. The summed E-state index contributed by atoms with van der Waals surface area (Å²) >= 11 is 0. The highest BCUT2D eigenvalue weighted by Gasteiger charge is 2.20. The fraction of sp³-hybridized carbons (Fsp3) is 0.483. The third-order valence-electron chi connectivity index (χ3n) is 6.99. The lowest BCUT2D eigenvalue weighted by atomic mass is 10.0. The number of anilines is 1. The summed E-state index contributed by atoms with van der Waals surface area (Å²) < 4.78 is 2.11. The average molecular weight is 460 g/mol. The van der Waals surface area contributed by atoms with Crippen molar-refractivity contribution in [3.05, 3.63) is 71.0 Å². The van der Waals surface area contributed by atoms with E-state index < -0.39 is 0 Å². The van der Waals surface area contributed by atoms with Gasteiger partial charge in [-0.25, -0.2) is 0 Å². The Morgan fingerprint density at radius 3 is 2.38 bits per heavy atom. The van der Waals surface area contributed by atoms with Crippen LogP contribution < -0.4 is 10.2 Å². The molecule has 0 aliphatic carbocycles. The van der Waals surface area contributed by atoms with E-state index in [4.69, 9.17) is 5.10 Å². The third kappa shape index (κ3) is 5.70. The first kappa shape index (κ1) is 24.5. The van der Waals surface area contributed by atoms with Crippen molar-refractivity contribution in [2.24, 2.45) is 0 Å². The van der Waals surface area contributed by atoms with Crippen LogP contribution in [0.15, 0.2) is 48.7 Å². The van der Waals surface area contributed by atoms with Crippen molar-refractivity contribution < 1.29 is 0 Å². The van der Waals surface area contributed by atoms with E-state index in [-0.39, 0.29) is 5.54 Å². The molecular formula is C29H41N5. The molecule has 0 bridgehead atoms. The first-order chi connectivity index (χ1) is 16.2. The summed E-state index contributed by atoms with van der Waals surface area (Å²) in [7, 11) is 0. The highest BCUT2D eigenvalue weighted by Crippen LogP contribution is 2.27. The summed E-state index contributed by atoms with van der Waals surface area (Å²) in [4.78, 5) is 5.11. The van der Waals surface area contributed by atoms with Crippen molar-refractivity contribution in [1.29, 1.82) is 0 Å². The fourth-order valence-electron chi connectivity index (χ4n) is 4.67. The number of piperazine rings is 1. The number of hydrogen-bond acceptors (Lipinski definition) is 4. The van der Waals surface area contributed by atoms with Crippen LogP contribution in [0.1, 0.15) is 43.2 Å². The number of aromatic nitrogens is 2. The zero-order valence-electron chi connectivity index (χ0n) is 21.9. The molecule has 5 heteroatoms. The molecule has 1 aliphatic heterocycles. The van der Waals surface area contributed by atoms with Crippen molar-refractivity contribution in [3.63, 3.8) is 0 Å². The van der Waals surface area contributed by atoms with Crippen molar-refractivity contribution in [3.8, 4) is 11.1 Å². The van der Waals surface area contributed by atoms with Crippen LogP contribution in [0.2, 0.25) is 0 Å². The summed E-state index contributed by atoms with van der Waals surface area (Å²) in [6.07, 6.45) is 2.21. The third-order valence-corrected chi connectivity index (χ3v) is 6.99. The van der Waals surface area contributed by atoms with E-state index in [1.807, 2.05) is 0 Å². The monoisotopic (exact) mass is 459 g/mol. The zero-order valence-corrected chi connectivity index (χ0v) is 21.9. The SMILES string of the molecule is Cc1cccc(-c2cn(C(C)(C)C)nc2CNCCN2CCN(c3cccc(C)c3C)CC2)c1. The van der Waals surface area contributed by atoms with Crippen LogP contribution in [-0.4, -0.2) is 53.9 Å². The number of benzene rings is 2. The second-order valence-corrected chi connectivity index (χ2v) is 10.7. The lowest BCUT2D eigenvalue weighted by Gasteiger charge is -2.37. The number of nitrogens with zero attached hydrogens (tertiary/aromatic N) is 4. The van der Waals surface area contributed by atoms with Gasteiger partial charge in [-0.15, -0.1) is 0 Å². The Morgan fingerprint density at radius 2 is 1.68 bits per heavy atom. The van der Waals surface area contributed by atoms with E-state index in [9.17, 15) is 0 Å². The zero-order chi connectivity index (χ0) is 24.3. The molecule has 0 amide bonds. The molecule has 1 aliphatic rings. The van der Waals surface area contributed by atoms with Gasteiger partial charge in [-0.3, -0.25) is 9.58 Å². The van der Waals surface area contributed by atoms with Crippen LogP contribution >= 0.6 is 0 Å². The Balaban J connectivity index is 1.32. The molecule has 1 N–H and O–H groups in total. The van der Waals surface area contributed by atoms with Crippen molar-refractivity contribution in [2.45, 2.75) is 53.6 Å². The Bertz CT molecular complexity index is 1100. The van der Waals surface area contributed by atoms with Crippen molar-refractivity contribution in [2.75, 3.05) is 44.2 Å². The molecule has 5 nitrogen and oxygen atoms in total. The van der Waals surface area contributed by atoms with Gasteiger partial charge in [0.25, 0.3) is 0 Å². The van der Waals surface area contributed by atoms with Gasteiger partial charge in [0.2, 0.25) is 0 Å². The van der Waals surface area contributed by atoms with Crippen LogP contribution in [0, 0.1) is 20.8 Å². The van der Waals surface area contributed by atoms with E-state index in [2.05, 4.69) is 110 Å². The standard InChI is InChI=1S/C29H41N5/c1-22-9-7-11-25(19-22)26-21-34(29(4,5)6)31-27(26)20-30-13-14-32-15-17-33(18-16-32)28-12-8-10-23(2)24(28)3/h7-12,19,21,30H,13-18,20H2,1-6H3. The van der Waals surface area contributed by atoms with Crippen LogP contribution in [-0.2, 0) is 12.1 Å². The van der Waals surface area contributed by atoms with Gasteiger partial charge in [0.1, 0.15) is 0 Å². The Hall–Kier alpha value is -2.63. The number of rotatable bonds is 7. The van der Waals surface area contributed by atoms with Gasteiger partial charge in [-0.1, -0.05) is 42.0 Å². The molecule has 2 heterocycles. The molecule has 1 saturated heterocycles. The molecule has 2 aromatic carbocycles. The summed E-state index contributed by atoms with van der Waals surface area (Å²) in [5, 5.41) is 8.63. The van der Waals surface area contributed by atoms with E-state index in [1.165, 1.54) is 33.5 Å². The summed E-state index contributed by atoms with van der Waals surface area (Å²) in [5.41, 5.74) is 9.03. The molecule has 4 rings (SSSR count). The molecule has 0 spiro atoms. The highest BCUT2D eigenvalue weighted by atomic mass is 15.3. The summed E-state index contributed by atoms with van der Waals surface area (Å²) in [6.45, 7) is 20.5. The minimum Gasteiger partial charge on any atom is -0.369 e. The first-order valence-electron chi connectivity index (χ1n) is 12.6. The maximum absolute atomic E-state index is 4.96. The van der Waals surface area contributed by atoms with Gasteiger partial charge in [0, 0.05) is 63.3 Å². The largest absolute Gasteiger partial charge is 0.369 e. The molecule has 0 radical (unpaired) electrons. The second-order valence-electron chi connectivity index (χ2n) is 10.7. The topological polar surface area (TPSA) is 36.3 Å². The van der Waals surface area contributed by atoms with E-state index in [1.54, 1.807) is 0 Å². The summed E-state index contributed by atoms with van der Waals surface area (Å²) in [5.74, 6) is 0.